The molecule has 6 nitrogen and oxygen atoms in total. The zero-order chi connectivity index (χ0) is 9.98. The fraction of sp³-hybridized carbons (Fsp3) is 0.667. The van der Waals surface area contributed by atoms with Crippen LogP contribution in [0, 0.1) is 0 Å². The number of aliphatic hydroxyl groups excluding tert-OH is 1. The molecule has 4 N–H and O–H groups in total. The van der Waals surface area contributed by atoms with Gasteiger partial charge in [0.05, 0.1) is 13.3 Å². The predicted molar refractivity (Wildman–Crippen MR) is 56.3 cm³/mol. The number of aliphatic hydroxyl groups is 1. The Morgan fingerprint density at radius 2 is 1.57 bits per heavy atom. The van der Waals surface area contributed by atoms with Crippen LogP contribution in [0.3, 0.4) is 0 Å². The number of carboxylic acids is 2. The number of rotatable bonds is 4. The summed E-state index contributed by atoms with van der Waals surface area (Å²) in [5.74, 6) is -1.71. The first-order valence-corrected chi connectivity index (χ1v) is 3.29. The van der Waals surface area contributed by atoms with E-state index >= 15 is 0 Å². The SMILES string of the molecule is CCC(=O)O.O=C(O)CNCO.[CaH2].[NaH]. The van der Waals surface area contributed by atoms with Gasteiger partial charge in [0, 0.05) is 6.42 Å². The summed E-state index contributed by atoms with van der Waals surface area (Å²) in [4.78, 5) is 19.0. The first-order chi connectivity index (χ1) is 5.54. The van der Waals surface area contributed by atoms with Crippen molar-refractivity contribution >= 4 is 79.2 Å². The topological polar surface area (TPSA) is 107 Å². The summed E-state index contributed by atoms with van der Waals surface area (Å²) in [6.45, 7) is 1.13. The van der Waals surface area contributed by atoms with E-state index in [1.54, 1.807) is 6.92 Å². The second-order valence-electron chi connectivity index (χ2n) is 1.73. The number of nitrogens with one attached hydrogen (secondary N) is 1. The van der Waals surface area contributed by atoms with Gasteiger partial charge in [0.15, 0.2) is 0 Å². The van der Waals surface area contributed by atoms with E-state index in [1.807, 2.05) is 0 Å². The first kappa shape index (κ1) is 24.4. The molecule has 0 atom stereocenters. The average molecular weight is 245 g/mol. The molecule has 0 bridgehead atoms. The molecule has 0 radical (unpaired) electrons. The molecule has 14 heavy (non-hydrogen) atoms. The van der Waals surface area contributed by atoms with E-state index in [1.165, 1.54) is 0 Å². The number of carbonyl (C=O) groups is 2. The van der Waals surface area contributed by atoms with Crippen molar-refractivity contribution < 1.29 is 24.9 Å². The van der Waals surface area contributed by atoms with E-state index in [9.17, 15) is 9.59 Å². The third-order valence-electron chi connectivity index (χ3n) is 0.690. The van der Waals surface area contributed by atoms with Gasteiger partial charge < -0.3 is 15.3 Å². The molecule has 0 saturated heterocycles. The van der Waals surface area contributed by atoms with E-state index in [0.29, 0.717) is 0 Å². The predicted octanol–water partition coefficient (Wildman–Crippen LogP) is -2.47. The van der Waals surface area contributed by atoms with Gasteiger partial charge in [-0.3, -0.25) is 14.9 Å². The molecule has 0 aromatic rings. The molecule has 8 heteroatoms. The molecule has 0 aromatic carbocycles. The maximum atomic E-state index is 9.58. The number of aliphatic carboxylic acids is 2. The Bertz CT molecular complexity index is 146. The molecule has 78 valence electrons. The van der Waals surface area contributed by atoms with E-state index in [-0.39, 0.29) is 87.0 Å². The normalized spacial score (nSPS) is 7.00. The number of hydrogen-bond donors (Lipinski definition) is 4. The van der Waals surface area contributed by atoms with E-state index in [2.05, 4.69) is 5.32 Å². The van der Waals surface area contributed by atoms with Gasteiger partial charge in [-0.25, -0.2) is 0 Å². The van der Waals surface area contributed by atoms with Gasteiger partial charge in [-0.15, -0.1) is 0 Å². The van der Waals surface area contributed by atoms with Crippen LogP contribution in [-0.4, -0.2) is 108 Å². The first-order valence-electron chi connectivity index (χ1n) is 3.29. The zero-order valence-electron chi connectivity index (χ0n) is 6.78. The van der Waals surface area contributed by atoms with Crippen LogP contribution in [0.5, 0.6) is 0 Å². The Balaban J connectivity index is -0.0000000651. The molecule has 0 aliphatic carbocycles. The van der Waals surface area contributed by atoms with Crippen LogP contribution in [0.4, 0.5) is 0 Å². The van der Waals surface area contributed by atoms with Crippen LogP contribution in [0.25, 0.3) is 0 Å². The molecule has 0 aliphatic rings. The molecule has 0 heterocycles. The Morgan fingerprint density at radius 3 is 1.64 bits per heavy atom. The Hall–Kier alpha value is 1.12. The molecule has 0 fully saturated rings. The molecule has 0 rings (SSSR count). The van der Waals surface area contributed by atoms with Crippen LogP contribution in [0.1, 0.15) is 13.3 Å². The van der Waals surface area contributed by atoms with Gasteiger partial charge in [0.1, 0.15) is 0 Å². The minimum atomic E-state index is -0.964. The van der Waals surface area contributed by atoms with Gasteiger partial charge >= 0.3 is 79.2 Å². The monoisotopic (exact) mass is 245 g/mol. The quantitative estimate of drug-likeness (QED) is 0.323. The maximum absolute atomic E-state index is 9.58. The van der Waals surface area contributed by atoms with E-state index < -0.39 is 11.9 Å². The summed E-state index contributed by atoms with van der Waals surface area (Å²) in [7, 11) is 0. The van der Waals surface area contributed by atoms with Crippen LogP contribution in [0.2, 0.25) is 0 Å². The summed E-state index contributed by atoms with van der Waals surface area (Å²) in [6.07, 6.45) is 0.222. The summed E-state index contributed by atoms with van der Waals surface area (Å²) >= 11 is 0. The third kappa shape index (κ3) is 38.0. The van der Waals surface area contributed by atoms with Crippen molar-refractivity contribution in [3.8, 4) is 0 Å². The summed E-state index contributed by atoms with van der Waals surface area (Å²) < 4.78 is 0. The molecule has 0 unspecified atom stereocenters. The molecule has 0 amide bonds. The summed E-state index contributed by atoms with van der Waals surface area (Å²) in [5.41, 5.74) is 0. The molecule has 0 aromatic heterocycles. The fourth-order valence-corrected chi connectivity index (χ4v) is 0.163. The molecule has 0 saturated carbocycles. The summed E-state index contributed by atoms with van der Waals surface area (Å²) in [5, 5.41) is 25.7. The average Bonchev–Trinajstić information content (AvgIpc) is 2.02. The Kier molecular flexibility index (Phi) is 34.2. The van der Waals surface area contributed by atoms with Gasteiger partial charge in [-0.1, -0.05) is 6.92 Å². The van der Waals surface area contributed by atoms with Crippen molar-refractivity contribution in [2.24, 2.45) is 0 Å². The van der Waals surface area contributed by atoms with Gasteiger partial charge in [0.25, 0.3) is 0 Å². The standard InChI is InChI=1S/C3H7NO3.C3H6O2.Ca.Na.3H/c5-2-4-1-3(6)7;1-2-3(4)5;;;;;/h4-5H,1-2H2,(H,6,7);2H2,1H3,(H,4,5);;;;;. The van der Waals surface area contributed by atoms with Crippen molar-refractivity contribution in [1.29, 1.82) is 0 Å². The van der Waals surface area contributed by atoms with Crippen LogP contribution in [0.15, 0.2) is 0 Å². The second kappa shape index (κ2) is 19.7. The van der Waals surface area contributed by atoms with Crippen LogP contribution < -0.4 is 5.32 Å². The van der Waals surface area contributed by atoms with Gasteiger partial charge in [0.2, 0.25) is 0 Å². The second-order valence-corrected chi connectivity index (χ2v) is 1.73. The van der Waals surface area contributed by atoms with Crippen molar-refractivity contribution in [2.75, 3.05) is 13.3 Å². The molecule has 0 spiro atoms. The number of carboxylic acid groups (broad SMARTS) is 2. The van der Waals surface area contributed by atoms with E-state index in [0.717, 1.165) is 0 Å². The van der Waals surface area contributed by atoms with Crippen molar-refractivity contribution in [1.82, 2.24) is 5.32 Å². The third-order valence-corrected chi connectivity index (χ3v) is 0.690. The van der Waals surface area contributed by atoms with Gasteiger partial charge in [-0.2, -0.15) is 0 Å². The van der Waals surface area contributed by atoms with Crippen LogP contribution in [-0.2, 0) is 9.59 Å². The number of hydrogen-bond acceptors (Lipinski definition) is 4. The van der Waals surface area contributed by atoms with Crippen molar-refractivity contribution in [2.45, 2.75) is 13.3 Å². The minimum absolute atomic E-state index is 0. The zero-order valence-corrected chi connectivity index (χ0v) is 6.78. The Morgan fingerprint density at radius 1 is 1.21 bits per heavy atom. The van der Waals surface area contributed by atoms with E-state index in [4.69, 9.17) is 15.3 Å². The summed E-state index contributed by atoms with van der Waals surface area (Å²) in [6, 6.07) is 0. The molecular formula is C6H16CaNNaO5. The Labute approximate surface area is 134 Å². The van der Waals surface area contributed by atoms with Crippen molar-refractivity contribution in [3.63, 3.8) is 0 Å². The van der Waals surface area contributed by atoms with Crippen LogP contribution >= 0.6 is 0 Å². The molecular weight excluding hydrogens is 229 g/mol. The van der Waals surface area contributed by atoms with Crippen molar-refractivity contribution in [3.05, 3.63) is 0 Å². The van der Waals surface area contributed by atoms with Gasteiger partial charge in [-0.05, 0) is 0 Å². The molecule has 0 aliphatic heterocycles. The fourth-order valence-electron chi connectivity index (χ4n) is 0.163.